The Labute approximate surface area is 384 Å². The zero-order valence-electron chi connectivity index (χ0n) is 36.3. The van der Waals surface area contributed by atoms with Gasteiger partial charge in [0.2, 0.25) is 0 Å². The number of fused-ring (bicyclic) bond motifs is 3. The molecular weight excluding hydrogens is 950 g/mol. The molecule has 0 amide bonds. The third-order valence-electron chi connectivity index (χ3n) is 12.1. The van der Waals surface area contributed by atoms with E-state index in [0.717, 1.165) is 77.7 Å². The van der Waals surface area contributed by atoms with Gasteiger partial charge in [0, 0.05) is 38.5 Å². The van der Waals surface area contributed by atoms with Crippen molar-refractivity contribution in [3.05, 3.63) is 193 Å². The Morgan fingerprint density at radius 3 is 1.81 bits per heavy atom. The average Bonchev–Trinajstić information content (AvgIpc) is 3.67. The first-order chi connectivity index (χ1) is 29.9. The molecule has 0 saturated heterocycles. The van der Waals surface area contributed by atoms with Gasteiger partial charge in [-0.3, -0.25) is 9.55 Å². The first-order valence-electron chi connectivity index (χ1n) is 21.4. The molecule has 0 fully saturated rings. The predicted octanol–water partition coefficient (Wildman–Crippen LogP) is 15.2. The molecule has 2 heterocycles. The van der Waals surface area contributed by atoms with Gasteiger partial charge in [-0.15, -0.1) is 35.4 Å². The Morgan fingerprint density at radius 2 is 1.10 bits per heavy atom. The van der Waals surface area contributed by atoms with E-state index in [1.807, 2.05) is 30.5 Å². The molecule has 0 aliphatic heterocycles. The Morgan fingerprint density at radius 1 is 0.476 bits per heavy atom. The Bertz CT molecular complexity index is 3320. The molecule has 4 nitrogen and oxygen atoms in total. The van der Waals surface area contributed by atoms with E-state index in [1.54, 1.807) is 0 Å². The number of aromatic nitrogens is 3. The maximum Gasteiger partial charge on any atom is 0.148 e. The second-order valence-corrected chi connectivity index (χ2v) is 18.4. The maximum atomic E-state index is 11.7. The third-order valence-corrected chi connectivity index (χ3v) is 12.1. The minimum atomic E-state index is -0.145. The Kier molecular flexibility index (Phi) is 10.8. The average molecular weight is 998 g/mol. The van der Waals surface area contributed by atoms with Crippen molar-refractivity contribution in [1.82, 2.24) is 14.5 Å². The van der Waals surface area contributed by atoms with Crippen LogP contribution in [0.5, 0.6) is 5.75 Å². The normalized spacial score (nSPS) is 11.9. The van der Waals surface area contributed by atoms with Crippen LogP contribution in [0, 0.1) is 6.07 Å². The van der Waals surface area contributed by atoms with E-state index in [4.69, 9.17) is 9.97 Å². The van der Waals surface area contributed by atoms with Gasteiger partial charge in [-0.1, -0.05) is 156 Å². The molecule has 0 saturated carbocycles. The number of rotatable bonds is 6. The molecule has 1 N–H and O–H groups in total. The van der Waals surface area contributed by atoms with Crippen LogP contribution in [0.4, 0.5) is 0 Å². The van der Waals surface area contributed by atoms with Crippen LogP contribution >= 0.6 is 0 Å². The molecule has 0 radical (unpaired) electrons. The van der Waals surface area contributed by atoms with Crippen molar-refractivity contribution in [1.29, 1.82) is 0 Å². The van der Waals surface area contributed by atoms with Crippen molar-refractivity contribution in [2.45, 2.75) is 52.4 Å². The zero-order valence-corrected chi connectivity index (χ0v) is 38.6. The molecule has 0 aliphatic rings. The second-order valence-electron chi connectivity index (χ2n) is 18.4. The van der Waals surface area contributed by atoms with Crippen molar-refractivity contribution < 1.29 is 26.2 Å². The summed E-state index contributed by atoms with van der Waals surface area (Å²) in [5.41, 5.74) is 14.8. The van der Waals surface area contributed by atoms with Gasteiger partial charge in [0.05, 0.1) is 16.6 Å². The molecule has 10 rings (SSSR count). The maximum absolute atomic E-state index is 11.7. The van der Waals surface area contributed by atoms with Crippen LogP contribution in [0.15, 0.2) is 176 Å². The number of imidazole rings is 1. The summed E-state index contributed by atoms with van der Waals surface area (Å²) in [5.74, 6) is 0.856. The van der Waals surface area contributed by atoms with Crippen LogP contribution in [0.25, 0.3) is 94.3 Å². The number of hydrogen-bond donors (Lipinski definition) is 1. The van der Waals surface area contributed by atoms with E-state index in [9.17, 15) is 5.11 Å². The molecule has 2 aromatic heterocycles. The topological polar surface area (TPSA) is 50.9 Å². The fourth-order valence-electron chi connectivity index (χ4n) is 8.63. The minimum absolute atomic E-state index is 0. The predicted molar refractivity (Wildman–Crippen MR) is 259 cm³/mol. The smallest absolute Gasteiger partial charge is 0.148 e. The standard InChI is InChI=1S/C58H48N3O.Pt/c1-57(2,3)46-23-26-48(27-24-46)61-52-35-45(40-22-21-38-16-10-11-17-39(38)30-40)34-50(55(52)60-56(61)51-36-47(58(4,5)6)25-28-53(51)62)42-19-12-18-41(31-42)49-33-44(37-14-8-7-9-15-37)32-43-20-13-29-59-54(43)49;/h7-30,32-36,62H,1-6H3;/q-1;. The number of hydrogen-bond acceptors (Lipinski definition) is 3. The van der Waals surface area contributed by atoms with Gasteiger partial charge in [0.1, 0.15) is 11.6 Å². The largest absolute Gasteiger partial charge is 0.507 e. The van der Waals surface area contributed by atoms with Crippen LogP contribution < -0.4 is 0 Å². The summed E-state index contributed by atoms with van der Waals surface area (Å²) in [4.78, 5) is 10.5. The summed E-state index contributed by atoms with van der Waals surface area (Å²) in [6.07, 6.45) is 1.86. The van der Waals surface area contributed by atoms with Crippen LogP contribution in [0.2, 0.25) is 0 Å². The Hall–Kier alpha value is -6.61. The molecule has 0 aliphatic carbocycles. The van der Waals surface area contributed by atoms with E-state index < -0.39 is 0 Å². The van der Waals surface area contributed by atoms with Gasteiger partial charge in [-0.2, -0.15) is 0 Å². The van der Waals surface area contributed by atoms with E-state index in [2.05, 4.69) is 198 Å². The quantitative estimate of drug-likeness (QED) is 0.169. The summed E-state index contributed by atoms with van der Waals surface area (Å²) >= 11 is 0. The molecule has 312 valence electrons. The molecular formula is C58H48N3OPt-. The van der Waals surface area contributed by atoms with E-state index in [-0.39, 0.29) is 37.6 Å². The number of phenols is 1. The van der Waals surface area contributed by atoms with Gasteiger partial charge in [-0.25, -0.2) is 4.98 Å². The van der Waals surface area contributed by atoms with Gasteiger partial charge >= 0.3 is 0 Å². The summed E-state index contributed by atoms with van der Waals surface area (Å²) in [7, 11) is 0. The molecule has 10 aromatic rings. The molecule has 5 heteroatoms. The van der Waals surface area contributed by atoms with Crippen LogP contribution in [-0.4, -0.2) is 19.6 Å². The first kappa shape index (κ1) is 41.7. The molecule has 63 heavy (non-hydrogen) atoms. The van der Waals surface area contributed by atoms with E-state index in [0.29, 0.717) is 11.4 Å². The van der Waals surface area contributed by atoms with Crippen molar-refractivity contribution in [3.63, 3.8) is 0 Å². The van der Waals surface area contributed by atoms with E-state index in [1.165, 1.54) is 16.3 Å². The molecule has 8 aromatic carbocycles. The molecule has 0 bridgehead atoms. The monoisotopic (exact) mass is 997 g/mol. The van der Waals surface area contributed by atoms with Crippen LogP contribution in [0.3, 0.4) is 0 Å². The van der Waals surface area contributed by atoms with Gasteiger partial charge in [0.25, 0.3) is 0 Å². The van der Waals surface area contributed by atoms with Crippen molar-refractivity contribution in [2.24, 2.45) is 0 Å². The molecule has 0 atom stereocenters. The van der Waals surface area contributed by atoms with Gasteiger partial charge < -0.3 is 5.11 Å². The second kappa shape index (κ2) is 16.3. The summed E-state index contributed by atoms with van der Waals surface area (Å²) in [6, 6.07) is 63.7. The number of nitrogens with zero attached hydrogens (tertiary/aromatic N) is 3. The van der Waals surface area contributed by atoms with Crippen molar-refractivity contribution >= 4 is 32.7 Å². The van der Waals surface area contributed by atoms with Gasteiger partial charge in [0.15, 0.2) is 0 Å². The summed E-state index contributed by atoms with van der Waals surface area (Å²) in [6.45, 7) is 13.3. The Balaban J connectivity index is 0.00000504. The summed E-state index contributed by atoms with van der Waals surface area (Å²) in [5, 5.41) is 15.1. The van der Waals surface area contributed by atoms with E-state index >= 15 is 0 Å². The summed E-state index contributed by atoms with van der Waals surface area (Å²) < 4.78 is 2.22. The minimum Gasteiger partial charge on any atom is -0.507 e. The fourth-order valence-corrected chi connectivity index (χ4v) is 8.63. The zero-order chi connectivity index (χ0) is 42.8. The first-order valence-corrected chi connectivity index (χ1v) is 21.4. The number of phenolic OH excluding ortho intramolecular Hbond substituents is 1. The van der Waals surface area contributed by atoms with Crippen molar-refractivity contribution in [2.75, 3.05) is 0 Å². The third kappa shape index (κ3) is 7.90. The number of pyridine rings is 1. The SMILES string of the molecule is CC(C)(C)c1ccc(-n2c(-c3cc(C(C)(C)C)ccc3O)nc3c(-c4[c-]c(-c5cc(-c6ccccc6)cc6cccnc56)ccc4)cc(-c4ccc5ccccc5c4)cc32)cc1.[Pt]. The van der Waals surface area contributed by atoms with Crippen molar-refractivity contribution in [3.8, 4) is 67.3 Å². The van der Waals surface area contributed by atoms with Gasteiger partial charge in [-0.05, 0) is 109 Å². The number of aromatic hydroxyl groups is 1. The number of benzene rings is 8. The van der Waals surface area contributed by atoms with Crippen LogP contribution in [0.1, 0.15) is 52.7 Å². The fraction of sp³-hybridized carbons (Fsp3) is 0.138. The molecule has 0 unspecified atom stereocenters. The van der Waals surface area contributed by atoms with Crippen LogP contribution in [-0.2, 0) is 31.9 Å². The molecule has 0 spiro atoms.